The van der Waals surface area contributed by atoms with E-state index in [0.29, 0.717) is 6.61 Å². The van der Waals surface area contributed by atoms with Crippen molar-refractivity contribution in [1.29, 1.82) is 0 Å². The standard InChI is InChI=1S/C13H23NO3/c1-3-11(14-13(16)17-4-2)12(15)10-8-6-5-7-9-10/h3,10-12,15H,1,4-9H2,2H3,(H,14,16)/t11-,12+/m1/s1. The summed E-state index contributed by atoms with van der Waals surface area (Å²) in [6.07, 6.45) is 6.13. The third-order valence-electron chi connectivity index (χ3n) is 3.31. The van der Waals surface area contributed by atoms with Gasteiger partial charge in [-0.1, -0.05) is 25.3 Å². The fourth-order valence-corrected chi connectivity index (χ4v) is 2.36. The first-order valence-electron chi connectivity index (χ1n) is 6.43. The quantitative estimate of drug-likeness (QED) is 0.726. The summed E-state index contributed by atoms with van der Waals surface area (Å²) in [7, 11) is 0. The Kier molecular flexibility index (Phi) is 6.05. The molecule has 0 bridgehead atoms. The van der Waals surface area contributed by atoms with Crippen LogP contribution in [0.15, 0.2) is 12.7 Å². The van der Waals surface area contributed by atoms with Crippen LogP contribution < -0.4 is 5.32 Å². The molecule has 1 fully saturated rings. The Hall–Kier alpha value is -1.03. The van der Waals surface area contributed by atoms with Crippen molar-refractivity contribution in [3.8, 4) is 0 Å². The normalized spacial score (nSPS) is 20.4. The van der Waals surface area contributed by atoms with Gasteiger partial charge in [0.15, 0.2) is 0 Å². The largest absolute Gasteiger partial charge is 0.450 e. The molecule has 0 heterocycles. The summed E-state index contributed by atoms with van der Waals surface area (Å²) < 4.78 is 4.80. The highest BCUT2D eigenvalue weighted by Crippen LogP contribution is 2.27. The van der Waals surface area contributed by atoms with Crippen LogP contribution in [0.4, 0.5) is 4.79 Å². The lowest BCUT2D eigenvalue weighted by Crippen LogP contribution is -2.45. The SMILES string of the molecule is C=C[C@@H](NC(=O)OCC)[C@@H](O)C1CCCCC1. The zero-order valence-corrected chi connectivity index (χ0v) is 10.5. The van der Waals surface area contributed by atoms with Crippen molar-refractivity contribution in [2.75, 3.05) is 6.61 Å². The molecule has 0 saturated heterocycles. The lowest BCUT2D eigenvalue weighted by molar-refractivity contribution is 0.0602. The van der Waals surface area contributed by atoms with E-state index < -0.39 is 18.2 Å². The van der Waals surface area contributed by atoms with Gasteiger partial charge < -0.3 is 15.2 Å². The number of ether oxygens (including phenoxy) is 1. The van der Waals surface area contributed by atoms with E-state index in [1.165, 1.54) is 6.42 Å². The number of hydrogen-bond acceptors (Lipinski definition) is 3. The van der Waals surface area contributed by atoms with Crippen LogP contribution >= 0.6 is 0 Å². The van der Waals surface area contributed by atoms with Crippen molar-refractivity contribution < 1.29 is 14.6 Å². The summed E-state index contributed by atoms with van der Waals surface area (Å²) in [6.45, 7) is 5.74. The van der Waals surface area contributed by atoms with Crippen molar-refractivity contribution >= 4 is 6.09 Å². The van der Waals surface area contributed by atoms with Crippen LogP contribution in [-0.4, -0.2) is 30.0 Å². The van der Waals surface area contributed by atoms with Crippen molar-refractivity contribution in [3.63, 3.8) is 0 Å². The maximum atomic E-state index is 11.3. The number of amides is 1. The highest BCUT2D eigenvalue weighted by Gasteiger charge is 2.28. The average Bonchev–Trinajstić information content (AvgIpc) is 2.36. The number of hydrogen-bond donors (Lipinski definition) is 2. The summed E-state index contributed by atoms with van der Waals surface area (Å²) in [5.41, 5.74) is 0. The Morgan fingerprint density at radius 3 is 2.71 bits per heavy atom. The first kappa shape index (κ1) is 14.0. The van der Waals surface area contributed by atoms with Crippen LogP contribution in [-0.2, 0) is 4.74 Å². The number of carbonyl (C=O) groups excluding carboxylic acids is 1. The molecule has 4 heteroatoms. The minimum absolute atomic E-state index is 0.258. The molecule has 0 aromatic rings. The van der Waals surface area contributed by atoms with Gasteiger partial charge in [0, 0.05) is 0 Å². The lowest BCUT2D eigenvalue weighted by atomic mass is 9.82. The number of alkyl carbamates (subject to hydrolysis) is 1. The van der Waals surface area contributed by atoms with Gasteiger partial charge in [-0.25, -0.2) is 4.79 Å². The van der Waals surface area contributed by atoms with Gasteiger partial charge in [-0.2, -0.15) is 0 Å². The van der Waals surface area contributed by atoms with Gasteiger partial charge >= 0.3 is 6.09 Å². The predicted molar refractivity (Wildman–Crippen MR) is 66.7 cm³/mol. The van der Waals surface area contributed by atoms with Crippen LogP contribution in [0.2, 0.25) is 0 Å². The maximum absolute atomic E-state index is 11.3. The van der Waals surface area contributed by atoms with Crippen LogP contribution in [0.25, 0.3) is 0 Å². The molecule has 2 atom stereocenters. The molecule has 0 aromatic carbocycles. The number of aliphatic hydroxyl groups excluding tert-OH is 1. The van der Waals surface area contributed by atoms with Crippen molar-refractivity contribution in [2.45, 2.75) is 51.2 Å². The predicted octanol–water partition coefficient (Wildman–Crippen LogP) is 2.23. The number of carbonyl (C=O) groups is 1. The monoisotopic (exact) mass is 241 g/mol. The Bertz CT molecular complexity index is 249. The van der Waals surface area contributed by atoms with Crippen molar-refractivity contribution in [2.24, 2.45) is 5.92 Å². The minimum atomic E-state index is -0.558. The van der Waals surface area contributed by atoms with Crippen LogP contribution in [0, 0.1) is 5.92 Å². The molecule has 17 heavy (non-hydrogen) atoms. The molecule has 1 saturated carbocycles. The van der Waals surface area contributed by atoms with E-state index in [9.17, 15) is 9.90 Å². The van der Waals surface area contributed by atoms with E-state index in [1.54, 1.807) is 13.0 Å². The Morgan fingerprint density at radius 1 is 1.53 bits per heavy atom. The molecule has 1 rings (SSSR count). The van der Waals surface area contributed by atoms with Gasteiger partial charge in [0.05, 0.1) is 18.8 Å². The molecule has 0 unspecified atom stereocenters. The van der Waals surface area contributed by atoms with E-state index in [1.807, 2.05) is 0 Å². The fourth-order valence-electron chi connectivity index (χ4n) is 2.36. The minimum Gasteiger partial charge on any atom is -0.450 e. The molecular weight excluding hydrogens is 218 g/mol. The Morgan fingerprint density at radius 2 is 2.18 bits per heavy atom. The molecule has 0 spiro atoms. The molecule has 1 amide bonds. The summed E-state index contributed by atoms with van der Waals surface area (Å²) in [5.74, 6) is 0.258. The van der Waals surface area contributed by atoms with Crippen molar-refractivity contribution in [1.82, 2.24) is 5.32 Å². The number of rotatable bonds is 5. The molecule has 4 nitrogen and oxygen atoms in total. The van der Waals surface area contributed by atoms with Gasteiger partial charge in [0.2, 0.25) is 0 Å². The fraction of sp³-hybridized carbons (Fsp3) is 0.769. The number of nitrogens with one attached hydrogen (secondary N) is 1. The van der Waals surface area contributed by atoms with Crippen LogP contribution in [0.1, 0.15) is 39.0 Å². The highest BCUT2D eigenvalue weighted by atomic mass is 16.5. The van der Waals surface area contributed by atoms with E-state index >= 15 is 0 Å². The summed E-state index contributed by atoms with van der Waals surface area (Å²) >= 11 is 0. The van der Waals surface area contributed by atoms with E-state index in [2.05, 4.69) is 11.9 Å². The Balaban J connectivity index is 2.47. The van der Waals surface area contributed by atoms with E-state index in [-0.39, 0.29) is 5.92 Å². The molecule has 0 aromatic heterocycles. The van der Waals surface area contributed by atoms with Crippen LogP contribution in [0.5, 0.6) is 0 Å². The van der Waals surface area contributed by atoms with Gasteiger partial charge in [-0.05, 0) is 25.7 Å². The second kappa shape index (κ2) is 7.33. The zero-order valence-electron chi connectivity index (χ0n) is 10.5. The summed E-state index contributed by atoms with van der Waals surface area (Å²) in [5, 5.41) is 12.8. The Labute approximate surface area is 103 Å². The van der Waals surface area contributed by atoms with Crippen molar-refractivity contribution in [3.05, 3.63) is 12.7 Å². The first-order chi connectivity index (χ1) is 8.19. The van der Waals surface area contributed by atoms with E-state index in [4.69, 9.17) is 4.74 Å². The van der Waals surface area contributed by atoms with Gasteiger partial charge in [0.1, 0.15) is 0 Å². The molecule has 2 N–H and O–H groups in total. The third-order valence-corrected chi connectivity index (χ3v) is 3.31. The summed E-state index contributed by atoms with van der Waals surface area (Å²) in [6, 6.07) is -0.419. The molecule has 98 valence electrons. The van der Waals surface area contributed by atoms with E-state index in [0.717, 1.165) is 25.7 Å². The van der Waals surface area contributed by atoms with Gasteiger partial charge in [0.25, 0.3) is 0 Å². The first-order valence-corrected chi connectivity index (χ1v) is 6.43. The maximum Gasteiger partial charge on any atom is 0.407 e. The topological polar surface area (TPSA) is 58.6 Å². The smallest absolute Gasteiger partial charge is 0.407 e. The van der Waals surface area contributed by atoms with Crippen LogP contribution in [0.3, 0.4) is 0 Å². The van der Waals surface area contributed by atoms with Gasteiger partial charge in [-0.15, -0.1) is 6.58 Å². The lowest BCUT2D eigenvalue weighted by Gasteiger charge is -2.31. The molecule has 1 aliphatic carbocycles. The average molecular weight is 241 g/mol. The second-order valence-electron chi connectivity index (χ2n) is 4.51. The highest BCUT2D eigenvalue weighted by molar-refractivity contribution is 5.67. The molecule has 0 radical (unpaired) electrons. The molecular formula is C13H23NO3. The third kappa shape index (κ3) is 4.38. The number of aliphatic hydroxyl groups is 1. The zero-order chi connectivity index (χ0) is 12.7. The molecule has 1 aliphatic rings. The summed E-state index contributed by atoms with van der Waals surface area (Å²) in [4.78, 5) is 11.3. The van der Waals surface area contributed by atoms with Gasteiger partial charge in [-0.3, -0.25) is 0 Å². The second-order valence-corrected chi connectivity index (χ2v) is 4.51. The molecule has 0 aliphatic heterocycles.